The minimum absolute atomic E-state index is 0.0319. The molecule has 1 rings (SSSR count). The molecule has 0 fully saturated rings. The number of pyridine rings is 1. The second-order valence-corrected chi connectivity index (χ2v) is 3.62. The molecular weight excluding hydrogens is 256 g/mol. The van der Waals surface area contributed by atoms with Gasteiger partial charge in [0.25, 0.3) is 0 Å². The number of carboxylic acid groups (broad SMARTS) is 1. The van der Waals surface area contributed by atoms with Crippen LogP contribution in [0.25, 0.3) is 0 Å². The van der Waals surface area contributed by atoms with Crippen LogP contribution in [0.4, 0.5) is 0 Å². The molecular formula is C6H2Cl3NO2S. The summed E-state index contributed by atoms with van der Waals surface area (Å²) >= 11 is 21.5. The third-order valence-corrected chi connectivity index (χ3v) is 3.03. The van der Waals surface area contributed by atoms with Gasteiger partial charge in [0.15, 0.2) is 0 Å². The van der Waals surface area contributed by atoms with E-state index < -0.39 is 5.97 Å². The number of aromatic carboxylic acids is 1. The Morgan fingerprint density at radius 2 is 1.85 bits per heavy atom. The normalized spacial score (nSPS) is 10.1. The van der Waals surface area contributed by atoms with Gasteiger partial charge in [0.1, 0.15) is 10.8 Å². The molecule has 0 amide bonds. The van der Waals surface area contributed by atoms with Crippen molar-refractivity contribution in [2.45, 2.75) is 0 Å². The van der Waals surface area contributed by atoms with Crippen molar-refractivity contribution < 1.29 is 9.90 Å². The van der Waals surface area contributed by atoms with Crippen molar-refractivity contribution in [2.75, 3.05) is 0 Å². The summed E-state index contributed by atoms with van der Waals surface area (Å²) in [6.45, 7) is 0. The number of aromatic nitrogens is 1. The molecule has 13 heavy (non-hydrogen) atoms. The summed E-state index contributed by atoms with van der Waals surface area (Å²) in [5.41, 5.74) is -0.263. The van der Waals surface area contributed by atoms with Crippen LogP contribution in [0.2, 0.25) is 15.2 Å². The predicted molar refractivity (Wildman–Crippen MR) is 53.6 cm³/mol. The first-order chi connectivity index (χ1) is 5.95. The van der Waals surface area contributed by atoms with Crippen LogP contribution in [0, 0.1) is 4.51 Å². The molecule has 70 valence electrons. The summed E-state index contributed by atoms with van der Waals surface area (Å²) in [4.78, 5) is 12.9. The Labute approximate surface area is 93.2 Å². The van der Waals surface area contributed by atoms with E-state index in [0.29, 0.717) is 0 Å². The Balaban J connectivity index is 3.60. The number of halogens is 3. The van der Waals surface area contributed by atoms with Crippen molar-refractivity contribution >= 4 is 53.0 Å². The van der Waals surface area contributed by atoms with Gasteiger partial charge in [0.05, 0.1) is 14.6 Å². The van der Waals surface area contributed by atoms with Gasteiger partial charge >= 0.3 is 5.97 Å². The second-order valence-electron chi connectivity index (χ2n) is 2.08. The highest BCUT2D eigenvalue weighted by atomic mass is 35.5. The minimum Gasteiger partial charge on any atom is -0.477 e. The van der Waals surface area contributed by atoms with Gasteiger partial charge < -0.3 is 10.1 Å². The maximum Gasteiger partial charge on any atom is 0.353 e. The molecule has 1 aromatic heterocycles. The zero-order chi connectivity index (χ0) is 10.2. The number of hydrogen-bond donors (Lipinski definition) is 2. The molecule has 1 heterocycles. The highest BCUT2D eigenvalue weighted by molar-refractivity contribution is 7.71. The van der Waals surface area contributed by atoms with Gasteiger partial charge in [-0.3, -0.25) is 0 Å². The van der Waals surface area contributed by atoms with Gasteiger partial charge in [0.2, 0.25) is 0 Å². The van der Waals surface area contributed by atoms with Crippen LogP contribution in [-0.4, -0.2) is 16.1 Å². The first-order valence-electron chi connectivity index (χ1n) is 2.95. The number of aromatic amines is 1. The molecule has 0 aromatic carbocycles. The van der Waals surface area contributed by atoms with Gasteiger partial charge in [-0.2, -0.15) is 0 Å². The van der Waals surface area contributed by atoms with E-state index in [9.17, 15) is 4.79 Å². The van der Waals surface area contributed by atoms with Crippen molar-refractivity contribution in [2.24, 2.45) is 0 Å². The molecule has 1 aromatic rings. The summed E-state index contributed by atoms with van der Waals surface area (Å²) in [6, 6.07) is 0. The fraction of sp³-hybridized carbons (Fsp3) is 0. The molecule has 0 saturated heterocycles. The summed E-state index contributed by atoms with van der Waals surface area (Å²) in [5, 5.41) is 8.54. The molecule has 0 saturated carbocycles. The van der Waals surface area contributed by atoms with Gasteiger partial charge in [0, 0.05) is 0 Å². The molecule has 0 unspecified atom stereocenters. The molecule has 0 aliphatic carbocycles. The van der Waals surface area contributed by atoms with E-state index in [2.05, 4.69) is 4.98 Å². The summed E-state index contributed by atoms with van der Waals surface area (Å²) in [5.74, 6) is -1.24. The summed E-state index contributed by atoms with van der Waals surface area (Å²) in [7, 11) is 0. The maximum atomic E-state index is 10.6. The van der Waals surface area contributed by atoms with Crippen molar-refractivity contribution in [1.29, 1.82) is 0 Å². The molecule has 0 radical (unpaired) electrons. The average molecular weight is 259 g/mol. The lowest BCUT2D eigenvalue weighted by Crippen LogP contribution is -2.02. The minimum atomic E-state index is -1.24. The first kappa shape index (κ1) is 10.8. The molecule has 7 heteroatoms. The Kier molecular flexibility index (Phi) is 3.18. The van der Waals surface area contributed by atoms with Crippen molar-refractivity contribution in [3.8, 4) is 0 Å². The van der Waals surface area contributed by atoms with Crippen molar-refractivity contribution in [3.63, 3.8) is 0 Å². The predicted octanol–water partition coefficient (Wildman–Crippen LogP) is 3.40. The smallest absolute Gasteiger partial charge is 0.353 e. The third-order valence-electron chi connectivity index (χ3n) is 1.26. The van der Waals surface area contributed by atoms with Gasteiger partial charge in [-0.05, 0) is 0 Å². The number of carboxylic acids is 1. The average Bonchev–Trinajstić information content (AvgIpc) is 2.07. The van der Waals surface area contributed by atoms with E-state index in [1.165, 1.54) is 0 Å². The molecule has 0 aliphatic rings. The van der Waals surface area contributed by atoms with E-state index in [-0.39, 0.29) is 25.4 Å². The Morgan fingerprint density at radius 1 is 1.31 bits per heavy atom. The standard InChI is InChI=1S/C6H2Cl3NO2S/c7-1-3(6(11)12)10-5(9)2(8)4(1)13/h(H,10,13)(H,11,12). The molecule has 3 nitrogen and oxygen atoms in total. The molecule has 0 atom stereocenters. The Bertz CT molecular complexity index is 429. The van der Waals surface area contributed by atoms with E-state index >= 15 is 0 Å². The van der Waals surface area contributed by atoms with E-state index in [1.54, 1.807) is 0 Å². The Morgan fingerprint density at radius 3 is 2.31 bits per heavy atom. The maximum absolute atomic E-state index is 10.6. The molecule has 0 spiro atoms. The van der Waals surface area contributed by atoms with Crippen LogP contribution in [-0.2, 0) is 0 Å². The number of carbonyl (C=O) groups is 1. The van der Waals surface area contributed by atoms with Crippen LogP contribution < -0.4 is 0 Å². The third kappa shape index (κ3) is 1.96. The fourth-order valence-corrected chi connectivity index (χ4v) is 1.54. The van der Waals surface area contributed by atoms with Gasteiger partial charge in [-0.25, -0.2) is 4.79 Å². The van der Waals surface area contributed by atoms with Crippen LogP contribution in [0.15, 0.2) is 0 Å². The van der Waals surface area contributed by atoms with Crippen LogP contribution in [0.3, 0.4) is 0 Å². The van der Waals surface area contributed by atoms with Crippen LogP contribution >= 0.6 is 47.0 Å². The zero-order valence-corrected chi connectivity index (χ0v) is 8.98. The number of H-pyrrole nitrogens is 1. The van der Waals surface area contributed by atoms with E-state index in [1.807, 2.05) is 0 Å². The SMILES string of the molecule is O=C(O)c1[nH]c(Cl)c(Cl)c(=S)c1Cl. The largest absolute Gasteiger partial charge is 0.477 e. The zero-order valence-electron chi connectivity index (χ0n) is 5.90. The van der Waals surface area contributed by atoms with Crippen LogP contribution in [0.1, 0.15) is 10.5 Å². The van der Waals surface area contributed by atoms with E-state index in [0.717, 1.165) is 0 Å². The summed E-state index contributed by atoms with van der Waals surface area (Å²) < 4.78 is 0.0319. The lowest BCUT2D eigenvalue weighted by molar-refractivity contribution is 0.0690. The monoisotopic (exact) mass is 257 g/mol. The highest BCUT2D eigenvalue weighted by Gasteiger charge is 2.14. The second kappa shape index (κ2) is 3.84. The van der Waals surface area contributed by atoms with E-state index in [4.69, 9.17) is 52.1 Å². The van der Waals surface area contributed by atoms with Gasteiger partial charge in [-0.1, -0.05) is 47.0 Å². The summed E-state index contributed by atoms with van der Waals surface area (Å²) in [6.07, 6.45) is 0. The number of rotatable bonds is 1. The van der Waals surface area contributed by atoms with Crippen molar-refractivity contribution in [1.82, 2.24) is 4.98 Å². The first-order valence-corrected chi connectivity index (χ1v) is 4.49. The quantitative estimate of drug-likeness (QED) is 0.599. The highest BCUT2D eigenvalue weighted by Crippen LogP contribution is 2.28. The number of hydrogen-bond acceptors (Lipinski definition) is 2. The lowest BCUT2D eigenvalue weighted by Gasteiger charge is -2.02. The molecule has 0 bridgehead atoms. The fourth-order valence-electron chi connectivity index (χ4n) is 0.676. The molecule has 2 N–H and O–H groups in total. The lowest BCUT2D eigenvalue weighted by atomic mass is 10.3. The Hall–Kier alpha value is -0.290. The van der Waals surface area contributed by atoms with Crippen molar-refractivity contribution in [3.05, 3.63) is 25.4 Å². The van der Waals surface area contributed by atoms with Gasteiger partial charge in [-0.15, -0.1) is 0 Å². The molecule has 0 aliphatic heterocycles. The number of nitrogens with one attached hydrogen (secondary N) is 1. The topological polar surface area (TPSA) is 53.1 Å². The van der Waals surface area contributed by atoms with Crippen LogP contribution in [0.5, 0.6) is 0 Å².